The molecule has 1 atom stereocenters. The number of halogens is 1. The molecule has 0 aliphatic carbocycles. The quantitative estimate of drug-likeness (QED) is 0.629. The van der Waals surface area contributed by atoms with Gasteiger partial charge < -0.3 is 9.80 Å². The molecule has 0 radical (unpaired) electrons. The zero-order valence-electron chi connectivity index (χ0n) is 10.7. The SMILES string of the molecule is CN(C)C1CCCN(c2nc(NN)ncc2Cl)C1. The van der Waals surface area contributed by atoms with Crippen molar-refractivity contribution in [1.29, 1.82) is 0 Å². The molecule has 0 spiro atoms. The summed E-state index contributed by atoms with van der Waals surface area (Å²) >= 11 is 6.16. The van der Waals surface area contributed by atoms with Crippen LogP contribution in [-0.2, 0) is 0 Å². The Morgan fingerprint density at radius 2 is 2.33 bits per heavy atom. The van der Waals surface area contributed by atoms with Gasteiger partial charge >= 0.3 is 0 Å². The Morgan fingerprint density at radius 1 is 1.56 bits per heavy atom. The maximum atomic E-state index is 6.16. The van der Waals surface area contributed by atoms with Crippen LogP contribution in [0, 0.1) is 0 Å². The summed E-state index contributed by atoms with van der Waals surface area (Å²) in [6.45, 7) is 1.89. The third-order valence-electron chi connectivity index (χ3n) is 3.28. The summed E-state index contributed by atoms with van der Waals surface area (Å²) in [7, 11) is 4.20. The van der Waals surface area contributed by atoms with Crippen molar-refractivity contribution >= 4 is 23.4 Å². The van der Waals surface area contributed by atoms with Crippen LogP contribution in [0.1, 0.15) is 12.8 Å². The molecule has 2 heterocycles. The summed E-state index contributed by atoms with van der Waals surface area (Å²) in [5.74, 6) is 6.47. The van der Waals surface area contributed by atoms with Crippen LogP contribution in [0.15, 0.2) is 6.20 Å². The van der Waals surface area contributed by atoms with Crippen molar-refractivity contribution in [2.24, 2.45) is 5.84 Å². The molecule has 0 bridgehead atoms. The van der Waals surface area contributed by atoms with Gasteiger partial charge in [0.15, 0.2) is 5.82 Å². The molecule has 3 N–H and O–H groups in total. The minimum absolute atomic E-state index is 0.390. The average Bonchev–Trinajstić information content (AvgIpc) is 2.39. The second-order valence-electron chi connectivity index (χ2n) is 4.72. The smallest absolute Gasteiger partial charge is 0.239 e. The predicted octanol–water partition coefficient (Wildman–Crippen LogP) is 0.946. The summed E-state index contributed by atoms with van der Waals surface area (Å²) in [6, 6.07) is 0.527. The molecule has 1 aromatic heterocycles. The number of anilines is 2. The number of hydrazine groups is 1. The van der Waals surface area contributed by atoms with Crippen molar-refractivity contribution in [2.45, 2.75) is 18.9 Å². The first-order valence-electron chi connectivity index (χ1n) is 6.02. The van der Waals surface area contributed by atoms with Crippen molar-refractivity contribution in [3.8, 4) is 0 Å². The summed E-state index contributed by atoms with van der Waals surface area (Å²) in [4.78, 5) is 12.8. The highest BCUT2D eigenvalue weighted by Crippen LogP contribution is 2.27. The lowest BCUT2D eigenvalue weighted by atomic mass is 10.1. The van der Waals surface area contributed by atoms with E-state index in [-0.39, 0.29) is 0 Å². The summed E-state index contributed by atoms with van der Waals surface area (Å²) in [5, 5.41) is 0.563. The van der Waals surface area contributed by atoms with Gasteiger partial charge in [-0.05, 0) is 26.9 Å². The van der Waals surface area contributed by atoms with Gasteiger partial charge in [0, 0.05) is 19.1 Å². The standard InChI is InChI=1S/C11H19ClN6/c1-17(2)8-4-3-5-18(7-8)10-9(12)6-14-11(15-10)16-13/h6,8H,3-5,7,13H2,1-2H3,(H,14,15,16). The van der Waals surface area contributed by atoms with Crippen LogP contribution >= 0.6 is 11.6 Å². The van der Waals surface area contributed by atoms with E-state index in [0.717, 1.165) is 25.3 Å². The van der Waals surface area contributed by atoms with Crippen molar-refractivity contribution in [2.75, 3.05) is 37.5 Å². The van der Waals surface area contributed by atoms with E-state index in [0.29, 0.717) is 17.0 Å². The highest BCUT2D eigenvalue weighted by atomic mass is 35.5. The maximum absolute atomic E-state index is 6.16. The van der Waals surface area contributed by atoms with Gasteiger partial charge in [-0.25, -0.2) is 10.8 Å². The molecular weight excluding hydrogens is 252 g/mol. The molecule has 0 saturated carbocycles. The van der Waals surface area contributed by atoms with Gasteiger partial charge in [0.1, 0.15) is 5.02 Å². The van der Waals surface area contributed by atoms with Crippen molar-refractivity contribution in [3.63, 3.8) is 0 Å². The molecule has 6 nitrogen and oxygen atoms in total. The third kappa shape index (κ3) is 2.82. The maximum Gasteiger partial charge on any atom is 0.239 e. The monoisotopic (exact) mass is 270 g/mol. The number of likely N-dealkylation sites (N-methyl/N-ethyl adjacent to an activating group) is 1. The van der Waals surface area contributed by atoms with E-state index in [9.17, 15) is 0 Å². The van der Waals surface area contributed by atoms with Gasteiger partial charge in [-0.1, -0.05) is 11.6 Å². The van der Waals surface area contributed by atoms with Crippen LogP contribution in [0.4, 0.5) is 11.8 Å². The second-order valence-corrected chi connectivity index (χ2v) is 5.12. The first-order valence-corrected chi connectivity index (χ1v) is 6.40. The highest BCUT2D eigenvalue weighted by Gasteiger charge is 2.24. The molecular formula is C11H19ClN6. The van der Waals surface area contributed by atoms with Gasteiger partial charge in [0.2, 0.25) is 5.95 Å². The minimum Gasteiger partial charge on any atom is -0.354 e. The van der Waals surface area contributed by atoms with Gasteiger partial charge in [-0.15, -0.1) is 0 Å². The second kappa shape index (κ2) is 5.69. The van der Waals surface area contributed by atoms with Crippen molar-refractivity contribution in [3.05, 3.63) is 11.2 Å². The largest absolute Gasteiger partial charge is 0.354 e. The minimum atomic E-state index is 0.390. The molecule has 7 heteroatoms. The van der Waals surface area contributed by atoms with E-state index >= 15 is 0 Å². The summed E-state index contributed by atoms with van der Waals surface area (Å²) in [5.41, 5.74) is 2.45. The zero-order chi connectivity index (χ0) is 13.1. The third-order valence-corrected chi connectivity index (χ3v) is 3.55. The summed E-state index contributed by atoms with van der Waals surface area (Å²) < 4.78 is 0. The highest BCUT2D eigenvalue weighted by molar-refractivity contribution is 6.32. The fraction of sp³-hybridized carbons (Fsp3) is 0.636. The van der Waals surface area contributed by atoms with Crippen LogP contribution in [0.3, 0.4) is 0 Å². The van der Waals surface area contributed by atoms with Crippen LogP contribution in [0.2, 0.25) is 5.02 Å². The summed E-state index contributed by atoms with van der Waals surface area (Å²) in [6.07, 6.45) is 3.92. The average molecular weight is 271 g/mol. The normalized spacial score (nSPS) is 20.3. The van der Waals surface area contributed by atoms with E-state index < -0.39 is 0 Å². The van der Waals surface area contributed by atoms with Crippen LogP contribution < -0.4 is 16.2 Å². The van der Waals surface area contributed by atoms with E-state index in [1.165, 1.54) is 6.42 Å². The first kappa shape index (κ1) is 13.3. The number of hydrogen-bond donors (Lipinski definition) is 2. The number of nitrogens with one attached hydrogen (secondary N) is 1. The van der Waals surface area contributed by atoms with Crippen molar-refractivity contribution < 1.29 is 0 Å². The molecule has 0 aromatic carbocycles. The molecule has 1 aliphatic heterocycles. The lowest BCUT2D eigenvalue weighted by Gasteiger charge is -2.37. The number of piperidine rings is 1. The van der Waals surface area contributed by atoms with E-state index in [1.807, 2.05) is 0 Å². The number of rotatable bonds is 3. The number of aromatic nitrogens is 2. The Kier molecular flexibility index (Phi) is 4.21. The van der Waals surface area contributed by atoms with Gasteiger partial charge in [-0.3, -0.25) is 5.43 Å². The molecule has 0 amide bonds. The van der Waals surface area contributed by atoms with E-state index in [1.54, 1.807) is 6.20 Å². The molecule has 1 aromatic rings. The number of nitrogens with zero attached hydrogens (tertiary/aromatic N) is 4. The Balaban J connectivity index is 2.19. The van der Waals surface area contributed by atoms with E-state index in [2.05, 4.69) is 39.3 Å². The molecule has 1 aliphatic rings. The fourth-order valence-electron chi connectivity index (χ4n) is 2.22. The van der Waals surface area contributed by atoms with Gasteiger partial charge in [0.25, 0.3) is 0 Å². The van der Waals surface area contributed by atoms with Crippen LogP contribution in [0.5, 0.6) is 0 Å². The molecule has 18 heavy (non-hydrogen) atoms. The number of nitrogens with two attached hydrogens (primary N) is 1. The zero-order valence-corrected chi connectivity index (χ0v) is 11.5. The lowest BCUT2D eigenvalue weighted by molar-refractivity contribution is 0.257. The molecule has 1 saturated heterocycles. The fourth-order valence-corrected chi connectivity index (χ4v) is 2.43. The number of hydrogen-bond acceptors (Lipinski definition) is 6. The lowest BCUT2D eigenvalue weighted by Crippen LogP contribution is -2.45. The molecule has 100 valence electrons. The molecule has 1 unspecified atom stereocenters. The Morgan fingerprint density at radius 3 is 3.00 bits per heavy atom. The van der Waals surface area contributed by atoms with E-state index in [4.69, 9.17) is 17.4 Å². The predicted molar refractivity (Wildman–Crippen MR) is 73.8 cm³/mol. The first-order chi connectivity index (χ1) is 8.61. The van der Waals surface area contributed by atoms with Gasteiger partial charge in [0.05, 0.1) is 6.20 Å². The molecule has 2 rings (SSSR count). The number of nitrogen functional groups attached to an aromatic ring is 1. The topological polar surface area (TPSA) is 70.3 Å². The Labute approximate surface area is 112 Å². The Hall–Kier alpha value is -1.11. The van der Waals surface area contributed by atoms with Crippen LogP contribution in [0.25, 0.3) is 0 Å². The van der Waals surface area contributed by atoms with Crippen LogP contribution in [-0.4, -0.2) is 48.1 Å². The van der Waals surface area contributed by atoms with Crippen molar-refractivity contribution in [1.82, 2.24) is 14.9 Å². The van der Waals surface area contributed by atoms with Gasteiger partial charge in [-0.2, -0.15) is 4.98 Å². The Bertz CT molecular complexity index is 411. The molecule has 1 fully saturated rings.